The molecule has 1 unspecified atom stereocenters. The van der Waals surface area contributed by atoms with Crippen molar-refractivity contribution < 1.29 is 19.1 Å². The van der Waals surface area contributed by atoms with E-state index in [1.165, 1.54) is 19.1 Å². The Morgan fingerprint density at radius 1 is 1.00 bits per heavy atom. The predicted octanol–water partition coefficient (Wildman–Crippen LogP) is 4.44. The summed E-state index contributed by atoms with van der Waals surface area (Å²) in [5.74, 6) is -1.82. The van der Waals surface area contributed by atoms with E-state index < -0.39 is 17.9 Å². The van der Waals surface area contributed by atoms with Crippen LogP contribution >= 0.6 is 0 Å². The van der Waals surface area contributed by atoms with Crippen molar-refractivity contribution in [3.05, 3.63) is 107 Å². The Bertz CT molecular complexity index is 1690. The fourth-order valence-corrected chi connectivity index (χ4v) is 4.81. The molecular formula is C30H25N5O4. The van der Waals surface area contributed by atoms with Crippen LogP contribution in [0, 0.1) is 18.3 Å². The molecule has 0 spiro atoms. The van der Waals surface area contributed by atoms with Crippen molar-refractivity contribution in [2.45, 2.75) is 12.8 Å². The van der Waals surface area contributed by atoms with Gasteiger partial charge < -0.3 is 20.2 Å². The number of benzene rings is 3. The number of rotatable bonds is 5. The van der Waals surface area contributed by atoms with Crippen LogP contribution in [0.5, 0.6) is 0 Å². The largest absolute Gasteiger partial charge is 0.466 e. The Morgan fingerprint density at radius 2 is 1.69 bits per heavy atom. The lowest BCUT2D eigenvalue weighted by Gasteiger charge is -2.35. The summed E-state index contributed by atoms with van der Waals surface area (Å²) in [5, 5.41) is 10.2. The third-order valence-corrected chi connectivity index (χ3v) is 6.65. The number of anilines is 1. The summed E-state index contributed by atoms with van der Waals surface area (Å²) >= 11 is 0. The van der Waals surface area contributed by atoms with Gasteiger partial charge in [-0.1, -0.05) is 36.4 Å². The number of fused-ring (bicyclic) bond motifs is 1. The highest BCUT2D eigenvalue weighted by molar-refractivity contribution is 6.06. The van der Waals surface area contributed by atoms with Gasteiger partial charge in [-0.25, -0.2) is 14.6 Å². The molecule has 0 bridgehead atoms. The van der Waals surface area contributed by atoms with Gasteiger partial charge in [0.1, 0.15) is 17.3 Å². The minimum Gasteiger partial charge on any atom is -0.466 e. The maximum atomic E-state index is 13.2. The third kappa shape index (κ3) is 4.38. The molecule has 194 valence electrons. The number of imidazole rings is 1. The van der Waals surface area contributed by atoms with Crippen LogP contribution < -0.4 is 10.6 Å². The lowest BCUT2D eigenvalue weighted by Crippen LogP contribution is -2.40. The SMILES string of the molecule is COC(=O)C1=C(C(=O)OC)N(c2ccc(-c3nc4ccc(C)cc4[nH]3)cc2)C(N)=C(C#N)C1c1ccccc1. The molecule has 1 aliphatic rings. The van der Waals surface area contributed by atoms with Crippen molar-refractivity contribution >= 4 is 28.7 Å². The number of allylic oxidation sites excluding steroid dienone is 1. The maximum absolute atomic E-state index is 13.2. The lowest BCUT2D eigenvalue weighted by molar-refractivity contribution is -0.139. The molecule has 3 aromatic carbocycles. The minimum absolute atomic E-state index is 0.00590. The summed E-state index contributed by atoms with van der Waals surface area (Å²) in [6.07, 6.45) is 0. The molecule has 9 heteroatoms. The first-order valence-electron chi connectivity index (χ1n) is 12.1. The number of nitriles is 1. The van der Waals surface area contributed by atoms with Crippen LogP contribution in [-0.2, 0) is 19.1 Å². The van der Waals surface area contributed by atoms with E-state index in [0.29, 0.717) is 17.1 Å². The predicted molar refractivity (Wildman–Crippen MR) is 146 cm³/mol. The molecule has 2 heterocycles. The number of aryl methyl sites for hydroxylation is 1. The highest BCUT2D eigenvalue weighted by atomic mass is 16.5. The van der Waals surface area contributed by atoms with Crippen molar-refractivity contribution in [2.24, 2.45) is 5.73 Å². The van der Waals surface area contributed by atoms with E-state index in [2.05, 4.69) is 16.0 Å². The Morgan fingerprint density at radius 3 is 2.33 bits per heavy atom. The number of carbonyl (C=O) groups excluding carboxylic acids is 2. The van der Waals surface area contributed by atoms with Crippen LogP contribution in [0.1, 0.15) is 17.0 Å². The summed E-state index contributed by atoms with van der Waals surface area (Å²) in [5.41, 5.74) is 11.2. The highest BCUT2D eigenvalue weighted by Crippen LogP contribution is 2.43. The van der Waals surface area contributed by atoms with Gasteiger partial charge in [-0.05, 0) is 54.4 Å². The highest BCUT2D eigenvalue weighted by Gasteiger charge is 2.42. The molecule has 0 saturated carbocycles. The van der Waals surface area contributed by atoms with Gasteiger partial charge in [0, 0.05) is 11.3 Å². The number of aromatic amines is 1. The number of methoxy groups -OCH3 is 2. The van der Waals surface area contributed by atoms with Crippen LogP contribution in [0.15, 0.2) is 95.5 Å². The quantitative estimate of drug-likeness (QED) is 0.370. The molecule has 3 N–H and O–H groups in total. The Hall–Kier alpha value is -5.36. The second-order valence-electron chi connectivity index (χ2n) is 8.99. The summed E-state index contributed by atoms with van der Waals surface area (Å²) in [6.45, 7) is 2.01. The lowest BCUT2D eigenvalue weighted by atomic mass is 9.81. The average Bonchev–Trinajstić information content (AvgIpc) is 3.39. The molecule has 0 fully saturated rings. The molecule has 0 aliphatic carbocycles. The van der Waals surface area contributed by atoms with E-state index in [4.69, 9.17) is 15.2 Å². The zero-order valence-electron chi connectivity index (χ0n) is 21.6. The number of nitrogens with two attached hydrogens (primary N) is 1. The first kappa shape index (κ1) is 25.3. The first-order chi connectivity index (χ1) is 18.9. The van der Waals surface area contributed by atoms with Gasteiger partial charge >= 0.3 is 11.9 Å². The number of nitrogens with one attached hydrogen (secondary N) is 1. The van der Waals surface area contributed by atoms with Crippen LogP contribution in [0.4, 0.5) is 5.69 Å². The topological polar surface area (TPSA) is 134 Å². The monoisotopic (exact) mass is 519 g/mol. The van der Waals surface area contributed by atoms with Crippen molar-refractivity contribution in [1.82, 2.24) is 9.97 Å². The van der Waals surface area contributed by atoms with E-state index in [0.717, 1.165) is 22.2 Å². The van der Waals surface area contributed by atoms with Gasteiger partial charge in [-0.3, -0.25) is 4.90 Å². The summed E-state index contributed by atoms with van der Waals surface area (Å²) in [7, 11) is 2.43. The molecule has 5 rings (SSSR count). The first-order valence-corrected chi connectivity index (χ1v) is 12.1. The number of hydrogen-bond donors (Lipinski definition) is 2. The van der Waals surface area contributed by atoms with E-state index in [9.17, 15) is 14.9 Å². The third-order valence-electron chi connectivity index (χ3n) is 6.65. The van der Waals surface area contributed by atoms with Gasteiger partial charge in [-0.15, -0.1) is 0 Å². The summed E-state index contributed by atoms with van der Waals surface area (Å²) < 4.78 is 10.2. The molecular weight excluding hydrogens is 494 g/mol. The molecule has 9 nitrogen and oxygen atoms in total. The van der Waals surface area contributed by atoms with Gasteiger partial charge in [0.2, 0.25) is 0 Å². The van der Waals surface area contributed by atoms with Gasteiger partial charge in [0.05, 0.1) is 48.4 Å². The van der Waals surface area contributed by atoms with Crippen molar-refractivity contribution in [2.75, 3.05) is 19.1 Å². The molecule has 1 aromatic heterocycles. The number of carbonyl (C=O) groups is 2. The minimum atomic E-state index is -0.924. The molecule has 0 saturated heterocycles. The van der Waals surface area contributed by atoms with E-state index in [1.54, 1.807) is 36.4 Å². The number of ether oxygens (including phenoxy) is 2. The standard InChI is InChI=1S/C30H25N5O4/c1-17-9-14-22-23(15-17)34-28(33-22)19-10-12-20(13-11-19)35-26(30(37)39-3)25(29(36)38-2)24(21(16-31)27(35)32)18-7-5-4-6-8-18/h4-15,24H,32H2,1-3H3,(H,33,34). The number of aromatic nitrogens is 2. The van der Waals surface area contributed by atoms with Gasteiger partial charge in [0.15, 0.2) is 0 Å². The van der Waals surface area contributed by atoms with E-state index in [1.807, 2.05) is 43.3 Å². The summed E-state index contributed by atoms with van der Waals surface area (Å²) in [4.78, 5) is 35.7. The van der Waals surface area contributed by atoms with E-state index in [-0.39, 0.29) is 22.7 Å². The number of nitrogens with zero attached hydrogens (tertiary/aromatic N) is 3. The van der Waals surface area contributed by atoms with Gasteiger partial charge in [0.25, 0.3) is 0 Å². The second-order valence-corrected chi connectivity index (χ2v) is 8.99. The van der Waals surface area contributed by atoms with Crippen LogP contribution in [0.25, 0.3) is 22.4 Å². The Labute approximate surface area is 224 Å². The molecule has 0 amide bonds. The zero-order valence-corrected chi connectivity index (χ0v) is 21.6. The maximum Gasteiger partial charge on any atom is 0.355 e. The fourth-order valence-electron chi connectivity index (χ4n) is 4.81. The molecule has 0 radical (unpaired) electrons. The molecule has 1 aliphatic heterocycles. The molecule has 39 heavy (non-hydrogen) atoms. The molecule has 1 atom stereocenters. The average molecular weight is 520 g/mol. The second kappa shape index (κ2) is 10.2. The number of esters is 2. The van der Waals surface area contributed by atoms with E-state index >= 15 is 0 Å². The van der Waals surface area contributed by atoms with Crippen LogP contribution in [0.2, 0.25) is 0 Å². The smallest absolute Gasteiger partial charge is 0.355 e. The fraction of sp³-hybridized carbons (Fsp3) is 0.133. The van der Waals surface area contributed by atoms with Crippen molar-refractivity contribution in [1.29, 1.82) is 5.26 Å². The Balaban J connectivity index is 1.67. The van der Waals surface area contributed by atoms with Crippen LogP contribution in [0.3, 0.4) is 0 Å². The van der Waals surface area contributed by atoms with Crippen LogP contribution in [-0.4, -0.2) is 36.1 Å². The van der Waals surface area contributed by atoms with Crippen molar-refractivity contribution in [3.63, 3.8) is 0 Å². The van der Waals surface area contributed by atoms with Gasteiger partial charge in [-0.2, -0.15) is 5.26 Å². The normalized spacial score (nSPS) is 15.3. The van der Waals surface area contributed by atoms with Crippen molar-refractivity contribution in [3.8, 4) is 17.5 Å². The summed E-state index contributed by atoms with van der Waals surface area (Å²) in [6, 6.07) is 24.1. The molecule has 4 aromatic rings. The Kier molecular flexibility index (Phi) is 6.61. The zero-order chi connectivity index (χ0) is 27.7. The number of hydrogen-bond acceptors (Lipinski definition) is 8. The number of H-pyrrole nitrogens is 1.